The zero-order valence-electron chi connectivity index (χ0n) is 13.8. The van der Waals surface area contributed by atoms with Crippen LogP contribution in [0.5, 0.6) is 23.0 Å². The Balaban J connectivity index is 2.41. The third kappa shape index (κ3) is 3.71. The average molecular weight is 332 g/mol. The minimum absolute atomic E-state index is 0.0312. The molecular weight excluding hydrogens is 312 g/mol. The molecule has 0 saturated heterocycles. The van der Waals surface area contributed by atoms with Crippen molar-refractivity contribution in [3.05, 3.63) is 47.5 Å². The van der Waals surface area contributed by atoms with Gasteiger partial charge in [0, 0.05) is 0 Å². The summed E-state index contributed by atoms with van der Waals surface area (Å²) < 4.78 is 15.9. The molecule has 2 N–H and O–H groups in total. The molecule has 128 valence electrons. The zero-order valence-corrected chi connectivity index (χ0v) is 13.8. The van der Waals surface area contributed by atoms with Crippen LogP contribution in [-0.2, 0) is 11.2 Å². The normalized spacial score (nSPS) is 11.6. The Morgan fingerprint density at radius 1 is 1.04 bits per heavy atom. The lowest BCUT2D eigenvalue weighted by molar-refractivity contribution is -0.138. The van der Waals surface area contributed by atoms with Gasteiger partial charge in [-0.25, -0.2) is 0 Å². The Hall–Kier alpha value is -2.89. The molecule has 0 saturated carbocycles. The van der Waals surface area contributed by atoms with Crippen molar-refractivity contribution in [3.8, 4) is 23.0 Å². The number of aromatic hydroxyl groups is 1. The van der Waals surface area contributed by atoms with Crippen molar-refractivity contribution in [2.45, 2.75) is 12.3 Å². The fourth-order valence-electron chi connectivity index (χ4n) is 2.58. The first-order chi connectivity index (χ1) is 11.5. The van der Waals surface area contributed by atoms with Crippen LogP contribution in [0.15, 0.2) is 36.4 Å². The van der Waals surface area contributed by atoms with E-state index < -0.39 is 11.9 Å². The first-order valence-corrected chi connectivity index (χ1v) is 7.30. The highest BCUT2D eigenvalue weighted by molar-refractivity contribution is 5.77. The standard InChI is InChI=1S/C18H20O6/c1-22-15-8-11(9-16(23-2)17(15)24-3)7-14(18(20)21)12-5-4-6-13(19)10-12/h4-6,8-10,14,19H,7H2,1-3H3,(H,20,21). The van der Waals surface area contributed by atoms with E-state index >= 15 is 0 Å². The summed E-state index contributed by atoms with van der Waals surface area (Å²) in [5.41, 5.74) is 1.25. The van der Waals surface area contributed by atoms with Gasteiger partial charge < -0.3 is 24.4 Å². The number of carboxylic acids is 1. The number of rotatable bonds is 7. The van der Waals surface area contributed by atoms with Crippen LogP contribution in [0.1, 0.15) is 17.0 Å². The second-order valence-corrected chi connectivity index (χ2v) is 5.22. The molecule has 0 aliphatic heterocycles. The number of hydrogen-bond donors (Lipinski definition) is 2. The second-order valence-electron chi connectivity index (χ2n) is 5.22. The zero-order chi connectivity index (χ0) is 17.7. The summed E-state index contributed by atoms with van der Waals surface area (Å²) in [6, 6.07) is 9.70. The van der Waals surface area contributed by atoms with Gasteiger partial charge in [0.2, 0.25) is 5.75 Å². The molecule has 24 heavy (non-hydrogen) atoms. The lowest BCUT2D eigenvalue weighted by Crippen LogP contribution is -2.14. The third-order valence-corrected chi connectivity index (χ3v) is 3.74. The lowest BCUT2D eigenvalue weighted by Gasteiger charge is -2.17. The van der Waals surface area contributed by atoms with Crippen LogP contribution >= 0.6 is 0 Å². The number of benzene rings is 2. The molecule has 6 heteroatoms. The summed E-state index contributed by atoms with van der Waals surface area (Å²) in [7, 11) is 4.52. The van der Waals surface area contributed by atoms with Gasteiger partial charge in [0.1, 0.15) is 5.75 Å². The molecule has 1 atom stereocenters. The predicted molar refractivity (Wildman–Crippen MR) is 88.3 cm³/mol. The van der Waals surface area contributed by atoms with Crippen LogP contribution in [0, 0.1) is 0 Å². The Labute approximate surface area is 140 Å². The van der Waals surface area contributed by atoms with Gasteiger partial charge in [-0.2, -0.15) is 0 Å². The van der Waals surface area contributed by atoms with E-state index in [1.807, 2.05) is 0 Å². The monoisotopic (exact) mass is 332 g/mol. The first kappa shape index (κ1) is 17.5. The summed E-state index contributed by atoms with van der Waals surface area (Å²) in [5.74, 6) is -0.371. The highest BCUT2D eigenvalue weighted by Gasteiger charge is 2.23. The number of hydrogen-bond acceptors (Lipinski definition) is 5. The number of methoxy groups -OCH3 is 3. The van der Waals surface area contributed by atoms with Gasteiger partial charge in [0.15, 0.2) is 11.5 Å². The molecule has 0 spiro atoms. The topological polar surface area (TPSA) is 85.2 Å². The Bertz CT molecular complexity index is 700. The predicted octanol–water partition coefficient (Wildman–Crippen LogP) is 2.83. The highest BCUT2D eigenvalue weighted by Crippen LogP contribution is 2.39. The van der Waals surface area contributed by atoms with Crippen LogP contribution in [0.4, 0.5) is 0 Å². The molecule has 6 nitrogen and oxygen atoms in total. The number of carbonyl (C=O) groups is 1. The minimum atomic E-state index is -0.977. The molecule has 2 aromatic rings. The van der Waals surface area contributed by atoms with E-state index in [2.05, 4.69) is 0 Å². The SMILES string of the molecule is COc1cc(CC(C(=O)O)c2cccc(O)c2)cc(OC)c1OC. The van der Waals surface area contributed by atoms with Crippen molar-refractivity contribution in [1.29, 1.82) is 0 Å². The molecule has 1 unspecified atom stereocenters. The lowest BCUT2D eigenvalue weighted by atomic mass is 9.91. The van der Waals surface area contributed by atoms with Crippen molar-refractivity contribution >= 4 is 5.97 Å². The van der Waals surface area contributed by atoms with Gasteiger partial charge in [0.05, 0.1) is 27.2 Å². The van der Waals surface area contributed by atoms with Gasteiger partial charge in [-0.3, -0.25) is 4.79 Å². The number of phenolic OH excluding ortho intramolecular Hbond substituents is 1. The molecule has 0 radical (unpaired) electrons. The molecule has 0 aromatic heterocycles. The number of ether oxygens (including phenoxy) is 3. The van der Waals surface area contributed by atoms with Crippen LogP contribution in [0.25, 0.3) is 0 Å². The van der Waals surface area contributed by atoms with Crippen molar-refractivity contribution < 1.29 is 29.2 Å². The van der Waals surface area contributed by atoms with E-state index in [0.29, 0.717) is 22.8 Å². The summed E-state index contributed by atoms with van der Waals surface area (Å²) in [5, 5.41) is 19.2. The maximum absolute atomic E-state index is 11.7. The van der Waals surface area contributed by atoms with E-state index in [1.54, 1.807) is 24.3 Å². The van der Waals surface area contributed by atoms with E-state index in [4.69, 9.17) is 14.2 Å². The van der Waals surface area contributed by atoms with Gasteiger partial charge in [-0.05, 0) is 41.8 Å². The van der Waals surface area contributed by atoms with Gasteiger partial charge >= 0.3 is 5.97 Å². The average Bonchev–Trinajstić information content (AvgIpc) is 2.58. The highest BCUT2D eigenvalue weighted by atomic mass is 16.5. The van der Waals surface area contributed by atoms with Crippen LogP contribution < -0.4 is 14.2 Å². The fraction of sp³-hybridized carbons (Fsp3) is 0.278. The van der Waals surface area contributed by atoms with Crippen LogP contribution in [-0.4, -0.2) is 37.5 Å². The van der Waals surface area contributed by atoms with E-state index in [9.17, 15) is 15.0 Å². The minimum Gasteiger partial charge on any atom is -0.508 e. The van der Waals surface area contributed by atoms with Gasteiger partial charge in [-0.15, -0.1) is 0 Å². The molecule has 0 bridgehead atoms. The molecule has 0 fully saturated rings. The molecule has 0 aliphatic carbocycles. The second kappa shape index (κ2) is 7.59. The smallest absolute Gasteiger partial charge is 0.311 e. The van der Waals surface area contributed by atoms with Crippen LogP contribution in [0.3, 0.4) is 0 Å². The number of aliphatic carboxylic acids is 1. The Kier molecular flexibility index (Phi) is 5.52. The van der Waals surface area contributed by atoms with E-state index in [0.717, 1.165) is 5.56 Å². The quantitative estimate of drug-likeness (QED) is 0.811. The molecule has 0 heterocycles. The van der Waals surface area contributed by atoms with Gasteiger partial charge in [-0.1, -0.05) is 12.1 Å². The van der Waals surface area contributed by atoms with Crippen molar-refractivity contribution in [3.63, 3.8) is 0 Å². The maximum Gasteiger partial charge on any atom is 0.311 e. The largest absolute Gasteiger partial charge is 0.508 e. The van der Waals surface area contributed by atoms with E-state index in [1.165, 1.54) is 33.5 Å². The van der Waals surface area contributed by atoms with E-state index in [-0.39, 0.29) is 12.2 Å². The molecule has 0 aliphatic rings. The van der Waals surface area contributed by atoms with Crippen molar-refractivity contribution in [2.24, 2.45) is 0 Å². The Morgan fingerprint density at radius 3 is 2.12 bits per heavy atom. The summed E-state index contributed by atoms with van der Waals surface area (Å²) in [6.45, 7) is 0. The molecular formula is C18H20O6. The maximum atomic E-state index is 11.7. The Morgan fingerprint density at radius 2 is 1.67 bits per heavy atom. The fourth-order valence-corrected chi connectivity index (χ4v) is 2.58. The van der Waals surface area contributed by atoms with Crippen molar-refractivity contribution in [2.75, 3.05) is 21.3 Å². The van der Waals surface area contributed by atoms with Crippen molar-refractivity contribution in [1.82, 2.24) is 0 Å². The molecule has 2 aromatic carbocycles. The van der Waals surface area contributed by atoms with Gasteiger partial charge in [0.25, 0.3) is 0 Å². The number of carboxylic acid groups (broad SMARTS) is 1. The molecule has 2 rings (SSSR count). The number of phenols is 1. The summed E-state index contributed by atoms with van der Waals surface area (Å²) in [4.78, 5) is 11.7. The summed E-state index contributed by atoms with van der Waals surface area (Å²) in [6.07, 6.45) is 0.218. The molecule has 0 amide bonds. The van der Waals surface area contributed by atoms with Crippen LogP contribution in [0.2, 0.25) is 0 Å². The third-order valence-electron chi connectivity index (χ3n) is 3.74. The summed E-state index contributed by atoms with van der Waals surface area (Å²) >= 11 is 0. The first-order valence-electron chi connectivity index (χ1n) is 7.30.